The maximum absolute atomic E-state index is 12.2. The van der Waals surface area contributed by atoms with Crippen molar-refractivity contribution in [3.63, 3.8) is 0 Å². The van der Waals surface area contributed by atoms with E-state index in [2.05, 4.69) is 10.2 Å². The lowest BCUT2D eigenvalue weighted by Gasteiger charge is -2.51. The van der Waals surface area contributed by atoms with Gasteiger partial charge in [0.1, 0.15) is 25.5 Å². The summed E-state index contributed by atoms with van der Waals surface area (Å²) in [6, 6.07) is 15.8. The van der Waals surface area contributed by atoms with E-state index in [1.165, 1.54) is 6.42 Å². The summed E-state index contributed by atoms with van der Waals surface area (Å²) in [5.74, 6) is 3.93. The zero-order valence-corrected chi connectivity index (χ0v) is 22.5. The number of fused-ring (bicyclic) bond motifs is 4. The van der Waals surface area contributed by atoms with Crippen LogP contribution in [-0.4, -0.2) is 58.7 Å². The molecule has 39 heavy (non-hydrogen) atoms. The summed E-state index contributed by atoms with van der Waals surface area (Å²) in [5.41, 5.74) is -0.420. The van der Waals surface area contributed by atoms with Gasteiger partial charge in [0.25, 0.3) is 11.8 Å². The minimum absolute atomic E-state index is 0.0727. The number of quaternary nitrogens is 1. The van der Waals surface area contributed by atoms with Crippen molar-refractivity contribution in [3.8, 4) is 17.2 Å². The van der Waals surface area contributed by atoms with E-state index in [1.807, 2.05) is 48.5 Å². The molecule has 2 aromatic carbocycles. The van der Waals surface area contributed by atoms with E-state index in [0.717, 1.165) is 85.5 Å². The molecule has 2 atom stereocenters. The van der Waals surface area contributed by atoms with Crippen molar-refractivity contribution in [1.82, 2.24) is 10.2 Å². The van der Waals surface area contributed by atoms with Gasteiger partial charge in [-0.25, -0.2) is 0 Å². The molecule has 8 rings (SSSR count). The van der Waals surface area contributed by atoms with E-state index in [9.17, 15) is 5.11 Å². The fourth-order valence-corrected chi connectivity index (χ4v) is 7.35. The summed E-state index contributed by atoms with van der Waals surface area (Å²) in [7, 11) is 0. The molecule has 0 spiro atoms. The minimum Gasteiger partial charge on any atom is -0.486 e. The predicted molar refractivity (Wildman–Crippen MR) is 143 cm³/mol. The summed E-state index contributed by atoms with van der Waals surface area (Å²) >= 11 is 0. The van der Waals surface area contributed by atoms with Crippen LogP contribution < -0.4 is 14.2 Å². The molecular formula is C31H38N3O5+. The predicted octanol–water partition coefficient (Wildman–Crippen LogP) is 4.85. The molecular weight excluding hydrogens is 494 g/mol. The molecule has 5 heterocycles. The summed E-state index contributed by atoms with van der Waals surface area (Å²) in [4.78, 5) is 0. The molecule has 0 amide bonds. The Morgan fingerprint density at radius 3 is 2.46 bits per heavy atom. The zero-order valence-electron chi connectivity index (χ0n) is 22.5. The Balaban J connectivity index is 1.10. The molecule has 8 nitrogen and oxygen atoms in total. The third-order valence-electron chi connectivity index (χ3n) is 9.52. The third-order valence-corrected chi connectivity index (χ3v) is 9.52. The van der Waals surface area contributed by atoms with Crippen molar-refractivity contribution in [2.45, 2.75) is 63.2 Å². The standard InChI is InChI=1S/C31H38N3O5/c35-31(23-7-3-1-4-8-23,24-9-5-2-6-10-24)30-33-32-29(39-30)21-34-15-13-22(14-16-34)28(20-34)38-25-11-12-26-27(19-25)37-18-17-36-26/h1,3-4,7-8,11-12,19,22,24,28,35H,2,5-6,9-10,13-18,20-21H2/q+1/t22?,28-,31-,34?/m0/s1. The smallest absolute Gasteiger partial charge is 0.271 e. The van der Waals surface area contributed by atoms with Crippen LogP contribution in [0.3, 0.4) is 0 Å². The van der Waals surface area contributed by atoms with Crippen molar-refractivity contribution < 1.29 is 28.2 Å². The van der Waals surface area contributed by atoms with Crippen molar-refractivity contribution in [2.75, 3.05) is 32.8 Å². The maximum atomic E-state index is 12.2. The topological polar surface area (TPSA) is 86.8 Å². The van der Waals surface area contributed by atoms with Crippen LogP contribution in [0.1, 0.15) is 62.3 Å². The van der Waals surface area contributed by atoms with Gasteiger partial charge in [0.05, 0.1) is 13.1 Å². The average molecular weight is 533 g/mol. The van der Waals surface area contributed by atoms with Crippen LogP contribution in [0.2, 0.25) is 0 Å². The van der Waals surface area contributed by atoms with Crippen LogP contribution in [0, 0.1) is 11.8 Å². The quantitative estimate of drug-likeness (QED) is 0.436. The van der Waals surface area contributed by atoms with Crippen molar-refractivity contribution in [3.05, 3.63) is 65.9 Å². The molecule has 0 unspecified atom stereocenters. The number of hydrogen-bond donors (Lipinski definition) is 1. The molecule has 4 fully saturated rings. The monoisotopic (exact) mass is 532 g/mol. The number of hydrogen-bond acceptors (Lipinski definition) is 7. The summed E-state index contributed by atoms with van der Waals surface area (Å²) in [5, 5.41) is 21.2. The molecule has 2 bridgehead atoms. The van der Waals surface area contributed by atoms with Crippen molar-refractivity contribution in [1.29, 1.82) is 0 Å². The molecule has 3 saturated heterocycles. The fourth-order valence-electron chi connectivity index (χ4n) is 7.35. The van der Waals surface area contributed by atoms with Gasteiger partial charge in [-0.05, 0) is 30.5 Å². The Labute approximate surface area is 229 Å². The highest BCUT2D eigenvalue weighted by atomic mass is 16.6. The van der Waals surface area contributed by atoms with Gasteiger partial charge < -0.3 is 28.2 Å². The van der Waals surface area contributed by atoms with E-state index in [1.54, 1.807) is 0 Å². The summed E-state index contributed by atoms with van der Waals surface area (Å²) < 4.78 is 25.2. The Bertz CT molecular complexity index is 1280. The van der Waals surface area contributed by atoms with Crippen LogP contribution >= 0.6 is 0 Å². The highest BCUT2D eigenvalue weighted by Gasteiger charge is 2.49. The molecule has 1 aliphatic carbocycles. The van der Waals surface area contributed by atoms with Gasteiger partial charge in [-0.15, -0.1) is 10.2 Å². The maximum Gasteiger partial charge on any atom is 0.271 e. The van der Waals surface area contributed by atoms with E-state index in [4.69, 9.17) is 18.6 Å². The first-order chi connectivity index (χ1) is 19.1. The fraction of sp³-hybridized carbons (Fsp3) is 0.548. The van der Waals surface area contributed by atoms with Gasteiger partial charge in [-0.2, -0.15) is 0 Å². The molecule has 5 aliphatic rings. The summed E-state index contributed by atoms with van der Waals surface area (Å²) in [6.07, 6.45) is 7.73. The van der Waals surface area contributed by atoms with Gasteiger partial charge in [-0.3, -0.25) is 0 Å². The lowest BCUT2D eigenvalue weighted by atomic mass is 9.73. The van der Waals surface area contributed by atoms with Gasteiger partial charge in [0, 0.05) is 30.7 Å². The van der Waals surface area contributed by atoms with Crippen molar-refractivity contribution in [2.24, 2.45) is 11.8 Å². The first-order valence-electron chi connectivity index (χ1n) is 14.6. The second-order valence-corrected chi connectivity index (χ2v) is 11.9. The molecule has 0 radical (unpaired) electrons. The second kappa shape index (κ2) is 10.1. The zero-order chi connectivity index (χ0) is 26.3. The van der Waals surface area contributed by atoms with Crippen LogP contribution in [-0.2, 0) is 12.1 Å². The van der Waals surface area contributed by atoms with E-state index in [0.29, 0.717) is 37.5 Å². The lowest BCUT2D eigenvalue weighted by Crippen LogP contribution is -2.64. The highest BCUT2D eigenvalue weighted by molar-refractivity contribution is 5.46. The van der Waals surface area contributed by atoms with E-state index < -0.39 is 5.60 Å². The van der Waals surface area contributed by atoms with Gasteiger partial charge in [0.15, 0.2) is 29.7 Å². The Kier molecular flexibility index (Phi) is 6.47. The number of aromatic nitrogens is 2. The molecule has 1 aromatic heterocycles. The van der Waals surface area contributed by atoms with Crippen LogP contribution in [0.4, 0.5) is 0 Å². The van der Waals surface area contributed by atoms with Crippen LogP contribution in [0.15, 0.2) is 52.9 Å². The first-order valence-corrected chi connectivity index (χ1v) is 14.6. The Morgan fingerprint density at radius 1 is 0.897 bits per heavy atom. The molecule has 1 N–H and O–H groups in total. The largest absolute Gasteiger partial charge is 0.486 e. The Hall–Kier alpha value is -3.10. The molecule has 3 aromatic rings. The number of ether oxygens (including phenoxy) is 3. The molecule has 8 heteroatoms. The average Bonchev–Trinajstić information content (AvgIpc) is 3.46. The van der Waals surface area contributed by atoms with Gasteiger partial charge >= 0.3 is 0 Å². The minimum atomic E-state index is -1.26. The number of benzene rings is 2. The van der Waals surface area contributed by atoms with Crippen LogP contribution in [0.5, 0.6) is 17.2 Å². The first kappa shape index (κ1) is 24.9. The SMILES string of the molecule is O[C@](c1ccccc1)(c1nnc(C[N+]23CCC(CC2)[C@@H](Oc2ccc4c(c2)OCCO4)C3)o1)C1CCCCC1. The van der Waals surface area contributed by atoms with Crippen molar-refractivity contribution >= 4 is 0 Å². The number of nitrogens with zero attached hydrogens (tertiary/aromatic N) is 3. The van der Waals surface area contributed by atoms with E-state index in [-0.39, 0.29) is 12.0 Å². The van der Waals surface area contributed by atoms with Gasteiger partial charge in [0.2, 0.25) is 0 Å². The molecule has 206 valence electrons. The van der Waals surface area contributed by atoms with Crippen LogP contribution in [0.25, 0.3) is 0 Å². The summed E-state index contributed by atoms with van der Waals surface area (Å²) in [6.45, 7) is 4.87. The second-order valence-electron chi connectivity index (χ2n) is 11.9. The molecule has 1 saturated carbocycles. The van der Waals surface area contributed by atoms with E-state index >= 15 is 0 Å². The highest BCUT2D eigenvalue weighted by Crippen LogP contribution is 2.44. The number of piperidine rings is 3. The molecule has 4 aliphatic heterocycles. The normalized spacial score (nSPS) is 28.1. The number of rotatable bonds is 7. The Morgan fingerprint density at radius 2 is 1.67 bits per heavy atom. The third kappa shape index (κ3) is 4.67. The number of aliphatic hydroxyl groups is 1. The lowest BCUT2D eigenvalue weighted by molar-refractivity contribution is -0.959. The van der Waals surface area contributed by atoms with Gasteiger partial charge in [-0.1, -0.05) is 49.6 Å².